The molecule has 0 aliphatic heterocycles. The largest absolute Gasteiger partial charge is 0.480 e. The number of carboxylic acid groups (broad SMARTS) is 1. The van der Waals surface area contributed by atoms with Gasteiger partial charge in [-0.15, -0.1) is 11.3 Å². The first-order valence-corrected chi connectivity index (χ1v) is 11.2. The van der Waals surface area contributed by atoms with E-state index < -0.39 is 35.7 Å². The van der Waals surface area contributed by atoms with Crippen LogP contribution >= 0.6 is 11.3 Å². The normalized spacial score (nSPS) is 12.2. The van der Waals surface area contributed by atoms with Crippen molar-refractivity contribution in [1.29, 1.82) is 0 Å². The quantitative estimate of drug-likeness (QED) is 0.346. The number of urea groups is 1. The van der Waals surface area contributed by atoms with Crippen molar-refractivity contribution in [1.82, 2.24) is 10.3 Å². The van der Waals surface area contributed by atoms with E-state index in [9.17, 15) is 32.7 Å². The van der Waals surface area contributed by atoms with Crippen molar-refractivity contribution < 1.29 is 32.7 Å². The molecule has 0 aliphatic carbocycles. The third-order valence-corrected chi connectivity index (χ3v) is 5.68. The van der Waals surface area contributed by atoms with Gasteiger partial charge in [0.1, 0.15) is 16.7 Å². The molecule has 8 nitrogen and oxygen atoms in total. The van der Waals surface area contributed by atoms with E-state index in [1.807, 2.05) is 0 Å². The second-order valence-electron chi connectivity index (χ2n) is 7.81. The summed E-state index contributed by atoms with van der Waals surface area (Å²) in [5, 5.41) is 18.6. The van der Waals surface area contributed by atoms with Crippen molar-refractivity contribution in [2.75, 3.05) is 10.6 Å². The van der Waals surface area contributed by atoms with Crippen molar-refractivity contribution in [2.45, 2.75) is 26.1 Å². The van der Waals surface area contributed by atoms with Gasteiger partial charge >= 0.3 is 18.2 Å². The zero-order chi connectivity index (χ0) is 25.8. The van der Waals surface area contributed by atoms with Crippen molar-refractivity contribution in [3.63, 3.8) is 0 Å². The van der Waals surface area contributed by atoms with Crippen LogP contribution in [0, 0.1) is 5.92 Å². The van der Waals surface area contributed by atoms with E-state index in [0.29, 0.717) is 16.3 Å². The van der Waals surface area contributed by atoms with Gasteiger partial charge in [-0.3, -0.25) is 4.79 Å². The highest BCUT2D eigenvalue weighted by Crippen LogP contribution is 2.31. The highest BCUT2D eigenvalue weighted by atomic mass is 32.1. The molecular formula is C23H21F3N4O4S. The molecule has 0 saturated carbocycles. The van der Waals surface area contributed by atoms with Gasteiger partial charge in [0.05, 0.1) is 5.56 Å². The number of carboxylic acids is 1. The van der Waals surface area contributed by atoms with Crippen molar-refractivity contribution >= 4 is 40.6 Å². The van der Waals surface area contributed by atoms with E-state index >= 15 is 0 Å². The number of hydrogen-bond donors (Lipinski definition) is 4. The molecule has 1 unspecified atom stereocenters. The number of amides is 3. The maximum atomic E-state index is 12.8. The number of thiazole rings is 1. The first kappa shape index (κ1) is 25.7. The molecule has 3 rings (SSSR count). The second-order valence-corrected chi connectivity index (χ2v) is 8.66. The molecule has 4 N–H and O–H groups in total. The van der Waals surface area contributed by atoms with E-state index in [0.717, 1.165) is 12.1 Å². The molecule has 1 aromatic heterocycles. The summed E-state index contributed by atoms with van der Waals surface area (Å²) >= 11 is 1.19. The number of nitrogens with one attached hydrogen (secondary N) is 3. The summed E-state index contributed by atoms with van der Waals surface area (Å²) in [5.74, 6) is -2.04. The van der Waals surface area contributed by atoms with Gasteiger partial charge in [-0.2, -0.15) is 13.2 Å². The molecule has 12 heteroatoms. The number of benzene rings is 2. The van der Waals surface area contributed by atoms with Crippen molar-refractivity contribution in [3.8, 4) is 10.6 Å². The Labute approximate surface area is 202 Å². The van der Waals surface area contributed by atoms with Gasteiger partial charge < -0.3 is 21.1 Å². The Balaban J connectivity index is 1.62. The van der Waals surface area contributed by atoms with Gasteiger partial charge in [0.25, 0.3) is 5.91 Å². The summed E-state index contributed by atoms with van der Waals surface area (Å²) in [6.07, 6.45) is -4.52. The predicted octanol–water partition coefficient (Wildman–Crippen LogP) is 5.31. The number of halogens is 3. The molecule has 0 spiro atoms. The molecule has 0 bridgehead atoms. The lowest BCUT2D eigenvalue weighted by atomic mass is 10.0. The van der Waals surface area contributed by atoms with Gasteiger partial charge in [-0.25, -0.2) is 14.6 Å². The van der Waals surface area contributed by atoms with E-state index in [1.165, 1.54) is 28.8 Å². The van der Waals surface area contributed by atoms with Gasteiger partial charge in [0, 0.05) is 22.3 Å². The Morgan fingerprint density at radius 3 is 2.26 bits per heavy atom. The number of aromatic nitrogens is 1. The fourth-order valence-corrected chi connectivity index (χ4v) is 3.81. The van der Waals surface area contributed by atoms with Crippen LogP contribution in [0.15, 0.2) is 53.9 Å². The van der Waals surface area contributed by atoms with Crippen LogP contribution in [0.4, 0.5) is 29.3 Å². The number of rotatable bonds is 7. The van der Waals surface area contributed by atoms with Crippen LogP contribution in [0.1, 0.15) is 29.9 Å². The first-order valence-electron chi connectivity index (χ1n) is 10.3. The van der Waals surface area contributed by atoms with E-state index in [-0.39, 0.29) is 17.3 Å². The Morgan fingerprint density at radius 2 is 1.66 bits per heavy atom. The number of carbonyl (C=O) groups excluding carboxylic acids is 2. The molecule has 1 heterocycles. The lowest BCUT2D eigenvalue weighted by Gasteiger charge is -2.16. The van der Waals surface area contributed by atoms with Crippen molar-refractivity contribution in [3.05, 3.63) is 65.2 Å². The molecule has 0 aliphatic rings. The van der Waals surface area contributed by atoms with Gasteiger partial charge in [0.2, 0.25) is 0 Å². The molecule has 184 valence electrons. The Bertz CT molecular complexity index is 1230. The van der Waals surface area contributed by atoms with E-state index in [4.69, 9.17) is 0 Å². The minimum absolute atomic E-state index is 0.00913. The molecule has 0 fully saturated rings. The Hall–Kier alpha value is -3.93. The summed E-state index contributed by atoms with van der Waals surface area (Å²) in [7, 11) is 0. The number of hydrogen-bond acceptors (Lipinski definition) is 5. The average molecular weight is 507 g/mol. The number of nitrogens with zero attached hydrogens (tertiary/aromatic N) is 1. The van der Waals surface area contributed by atoms with Crippen LogP contribution in [-0.2, 0) is 11.0 Å². The maximum absolute atomic E-state index is 12.8. The van der Waals surface area contributed by atoms with Crippen LogP contribution in [0.3, 0.4) is 0 Å². The highest BCUT2D eigenvalue weighted by molar-refractivity contribution is 7.13. The van der Waals surface area contributed by atoms with Crippen LogP contribution in [-0.4, -0.2) is 34.0 Å². The third-order valence-electron chi connectivity index (χ3n) is 4.79. The molecular weight excluding hydrogens is 485 g/mol. The Morgan fingerprint density at radius 1 is 1.00 bits per heavy atom. The summed E-state index contributed by atoms with van der Waals surface area (Å²) in [6.45, 7) is 3.36. The zero-order valence-electron chi connectivity index (χ0n) is 18.5. The molecule has 1 atom stereocenters. The van der Waals surface area contributed by atoms with E-state index in [1.54, 1.807) is 38.1 Å². The molecule has 3 amide bonds. The third kappa shape index (κ3) is 6.79. The van der Waals surface area contributed by atoms with Gasteiger partial charge in [-0.1, -0.05) is 19.9 Å². The standard InChI is InChI=1S/C23H21F3N4O4S/c1-12(2)18(21(32)33)30-19(31)17-11-35-20(29-17)13-6-8-15(9-7-13)27-22(34)28-16-5-3-4-14(10-16)23(24,25)26/h3-12,18H,1-2H3,(H,30,31)(H,32,33)(H2,27,28,34). The summed E-state index contributed by atoms with van der Waals surface area (Å²) in [6, 6.07) is 8.95. The van der Waals surface area contributed by atoms with Crippen LogP contribution in [0.25, 0.3) is 10.6 Å². The number of anilines is 2. The maximum Gasteiger partial charge on any atom is 0.416 e. The zero-order valence-corrected chi connectivity index (χ0v) is 19.3. The average Bonchev–Trinajstić information content (AvgIpc) is 3.27. The molecule has 35 heavy (non-hydrogen) atoms. The van der Waals surface area contributed by atoms with Crippen LogP contribution in [0.2, 0.25) is 0 Å². The first-order chi connectivity index (χ1) is 16.4. The summed E-state index contributed by atoms with van der Waals surface area (Å²) < 4.78 is 38.5. The topological polar surface area (TPSA) is 120 Å². The highest BCUT2D eigenvalue weighted by Gasteiger charge is 2.30. The predicted molar refractivity (Wildman–Crippen MR) is 125 cm³/mol. The fourth-order valence-electron chi connectivity index (χ4n) is 3.00. The second kappa shape index (κ2) is 10.6. The number of alkyl halides is 3. The smallest absolute Gasteiger partial charge is 0.416 e. The van der Waals surface area contributed by atoms with E-state index in [2.05, 4.69) is 20.9 Å². The van der Waals surface area contributed by atoms with Gasteiger partial charge in [-0.05, 0) is 48.4 Å². The summed E-state index contributed by atoms with van der Waals surface area (Å²) in [4.78, 5) is 40.1. The Kier molecular flexibility index (Phi) is 7.75. The molecule has 0 radical (unpaired) electrons. The lowest BCUT2D eigenvalue weighted by molar-refractivity contribution is -0.140. The summed E-state index contributed by atoms with van der Waals surface area (Å²) in [5.41, 5.74) is 0.231. The molecule has 0 saturated heterocycles. The van der Waals surface area contributed by atoms with Gasteiger partial charge in [0.15, 0.2) is 0 Å². The van der Waals surface area contributed by atoms with Crippen LogP contribution < -0.4 is 16.0 Å². The molecule has 2 aromatic carbocycles. The van der Waals surface area contributed by atoms with Crippen LogP contribution in [0.5, 0.6) is 0 Å². The number of carbonyl (C=O) groups is 3. The SMILES string of the molecule is CC(C)C(NC(=O)c1csc(-c2ccc(NC(=O)Nc3cccc(C(F)(F)F)c3)cc2)n1)C(=O)O. The van der Waals surface area contributed by atoms with Crippen molar-refractivity contribution in [2.24, 2.45) is 5.92 Å². The number of aliphatic carboxylic acids is 1. The molecule has 3 aromatic rings. The fraction of sp³-hybridized carbons (Fsp3) is 0.217. The lowest BCUT2D eigenvalue weighted by Crippen LogP contribution is -2.44. The monoisotopic (exact) mass is 506 g/mol. The minimum atomic E-state index is -4.52. The minimum Gasteiger partial charge on any atom is -0.480 e.